The number of halogens is 3. The maximum absolute atomic E-state index is 13.8. The molecule has 1 heterocycles. The molecule has 2 N–H and O–H groups in total. The Kier molecular flexibility index (Phi) is 3.31. The summed E-state index contributed by atoms with van der Waals surface area (Å²) in [5, 5.41) is 3.86. The Labute approximate surface area is 123 Å². The lowest BCUT2D eigenvalue weighted by atomic mass is 10.2. The average molecular weight is 308 g/mol. The molecule has 0 saturated carbocycles. The molecule has 4 nitrogen and oxygen atoms in total. The topological polar surface area (TPSA) is 64.9 Å². The van der Waals surface area contributed by atoms with Gasteiger partial charge < -0.3 is 10.3 Å². The third-order valence-corrected chi connectivity index (χ3v) is 3.13. The van der Waals surface area contributed by atoms with Gasteiger partial charge in [-0.1, -0.05) is 16.8 Å². The number of nitrogen functional groups attached to an aromatic ring is 1. The van der Waals surface area contributed by atoms with Crippen LogP contribution in [0.3, 0.4) is 0 Å². The molecule has 0 spiro atoms. The maximum atomic E-state index is 13.8. The highest BCUT2D eigenvalue weighted by Crippen LogP contribution is 2.29. The van der Waals surface area contributed by atoms with Crippen LogP contribution in [0.25, 0.3) is 22.8 Å². The van der Waals surface area contributed by atoms with Gasteiger partial charge in [0, 0.05) is 11.3 Å². The number of hydrogen-bond donors (Lipinski definition) is 1. The van der Waals surface area contributed by atoms with E-state index in [0.717, 1.165) is 12.1 Å². The van der Waals surface area contributed by atoms with Gasteiger partial charge in [0.1, 0.15) is 11.6 Å². The Morgan fingerprint density at radius 1 is 1.05 bits per heavy atom. The average Bonchev–Trinajstić information content (AvgIpc) is 2.87. The van der Waals surface area contributed by atoms with Crippen LogP contribution in [0, 0.1) is 11.6 Å². The summed E-state index contributed by atoms with van der Waals surface area (Å²) in [7, 11) is 0. The normalized spacial score (nSPS) is 10.8. The number of nitrogens with zero attached hydrogens (tertiary/aromatic N) is 2. The van der Waals surface area contributed by atoms with Gasteiger partial charge in [-0.15, -0.1) is 0 Å². The molecule has 0 aliphatic heterocycles. The van der Waals surface area contributed by atoms with Crippen molar-refractivity contribution in [3.05, 3.63) is 53.1 Å². The van der Waals surface area contributed by atoms with Gasteiger partial charge in [0.2, 0.25) is 5.82 Å². The summed E-state index contributed by atoms with van der Waals surface area (Å²) in [4.78, 5) is 4.07. The van der Waals surface area contributed by atoms with E-state index in [1.54, 1.807) is 0 Å². The van der Waals surface area contributed by atoms with Crippen LogP contribution in [0.2, 0.25) is 5.02 Å². The lowest BCUT2D eigenvalue weighted by Gasteiger charge is -1.99. The molecule has 3 rings (SSSR count). The standard InChI is InChI=1S/C14H8ClF2N3O/c15-11-5-7(16)1-3-9(11)13-19-14(21-20-13)10-4-2-8(18)6-12(10)17/h1-6H,18H2. The molecule has 0 amide bonds. The van der Waals surface area contributed by atoms with Crippen LogP contribution < -0.4 is 5.73 Å². The number of benzene rings is 2. The van der Waals surface area contributed by atoms with E-state index in [0.29, 0.717) is 5.56 Å². The molecule has 0 atom stereocenters. The minimum atomic E-state index is -0.574. The predicted molar refractivity (Wildman–Crippen MR) is 74.5 cm³/mol. The van der Waals surface area contributed by atoms with Crippen molar-refractivity contribution in [2.75, 3.05) is 5.73 Å². The molecular formula is C14H8ClF2N3O. The third kappa shape index (κ3) is 2.57. The third-order valence-electron chi connectivity index (χ3n) is 2.82. The first-order valence-corrected chi connectivity index (χ1v) is 6.27. The molecule has 0 radical (unpaired) electrons. The second-order valence-electron chi connectivity index (χ2n) is 4.29. The molecule has 2 aromatic carbocycles. The fourth-order valence-corrected chi connectivity index (χ4v) is 2.07. The fourth-order valence-electron chi connectivity index (χ4n) is 1.82. The number of aromatic nitrogens is 2. The summed E-state index contributed by atoms with van der Waals surface area (Å²) < 4.78 is 31.8. The van der Waals surface area contributed by atoms with Crippen molar-refractivity contribution in [3.8, 4) is 22.8 Å². The quantitative estimate of drug-likeness (QED) is 0.729. The Morgan fingerprint density at radius 3 is 2.52 bits per heavy atom. The zero-order valence-corrected chi connectivity index (χ0v) is 11.2. The lowest BCUT2D eigenvalue weighted by molar-refractivity contribution is 0.429. The van der Waals surface area contributed by atoms with Gasteiger partial charge in [-0.05, 0) is 36.4 Å². The van der Waals surface area contributed by atoms with Gasteiger partial charge in [0.15, 0.2) is 0 Å². The molecule has 21 heavy (non-hydrogen) atoms. The fraction of sp³-hybridized carbons (Fsp3) is 0. The Hall–Kier alpha value is -2.47. The van der Waals surface area contributed by atoms with Crippen LogP contribution in [0.4, 0.5) is 14.5 Å². The zero-order chi connectivity index (χ0) is 15.0. The molecular weight excluding hydrogens is 300 g/mol. The predicted octanol–water partition coefficient (Wildman–Crippen LogP) is 3.92. The first kappa shape index (κ1) is 13.5. The van der Waals surface area contributed by atoms with Crippen LogP contribution in [-0.4, -0.2) is 10.1 Å². The summed E-state index contributed by atoms with van der Waals surface area (Å²) in [6.07, 6.45) is 0. The highest BCUT2D eigenvalue weighted by molar-refractivity contribution is 6.33. The molecule has 0 unspecified atom stereocenters. The monoisotopic (exact) mass is 307 g/mol. The SMILES string of the molecule is Nc1ccc(-c2nc(-c3ccc(F)cc3Cl)no2)c(F)c1. The van der Waals surface area contributed by atoms with E-state index < -0.39 is 11.6 Å². The Bertz CT molecular complexity index is 754. The first-order chi connectivity index (χ1) is 10.0. The Morgan fingerprint density at radius 2 is 1.81 bits per heavy atom. The number of hydrogen-bond acceptors (Lipinski definition) is 4. The van der Waals surface area contributed by atoms with Crippen LogP contribution in [0.15, 0.2) is 40.9 Å². The highest BCUT2D eigenvalue weighted by Gasteiger charge is 2.16. The largest absolute Gasteiger partial charge is 0.399 e. The first-order valence-electron chi connectivity index (χ1n) is 5.89. The number of rotatable bonds is 2. The zero-order valence-electron chi connectivity index (χ0n) is 10.5. The van der Waals surface area contributed by atoms with Crippen molar-refractivity contribution in [1.29, 1.82) is 0 Å². The summed E-state index contributed by atoms with van der Waals surface area (Å²) in [5.41, 5.74) is 6.28. The van der Waals surface area contributed by atoms with Crippen molar-refractivity contribution >= 4 is 17.3 Å². The van der Waals surface area contributed by atoms with Crippen molar-refractivity contribution in [2.24, 2.45) is 0 Å². The van der Waals surface area contributed by atoms with Crippen LogP contribution in [-0.2, 0) is 0 Å². The summed E-state index contributed by atoms with van der Waals surface area (Å²) in [5.74, 6) is -0.915. The number of anilines is 1. The van der Waals surface area contributed by atoms with Crippen molar-refractivity contribution in [1.82, 2.24) is 10.1 Å². The van der Waals surface area contributed by atoms with E-state index >= 15 is 0 Å². The van der Waals surface area contributed by atoms with E-state index in [9.17, 15) is 8.78 Å². The summed E-state index contributed by atoms with van der Waals surface area (Å²) in [6.45, 7) is 0. The molecule has 106 valence electrons. The van der Waals surface area contributed by atoms with Gasteiger partial charge in [0.25, 0.3) is 5.89 Å². The van der Waals surface area contributed by atoms with Gasteiger partial charge in [-0.3, -0.25) is 0 Å². The van der Waals surface area contributed by atoms with Crippen LogP contribution >= 0.6 is 11.6 Å². The van der Waals surface area contributed by atoms with Crippen LogP contribution in [0.5, 0.6) is 0 Å². The molecule has 0 aliphatic rings. The van der Waals surface area contributed by atoms with E-state index in [1.165, 1.54) is 24.3 Å². The smallest absolute Gasteiger partial charge is 0.261 e. The van der Waals surface area contributed by atoms with Crippen molar-refractivity contribution in [2.45, 2.75) is 0 Å². The maximum Gasteiger partial charge on any atom is 0.261 e. The molecule has 3 aromatic rings. The molecule has 1 aromatic heterocycles. The van der Waals surface area contributed by atoms with E-state index in [1.807, 2.05) is 0 Å². The van der Waals surface area contributed by atoms with Crippen LogP contribution in [0.1, 0.15) is 0 Å². The number of nitrogens with two attached hydrogens (primary N) is 1. The van der Waals surface area contributed by atoms with Crippen molar-refractivity contribution in [3.63, 3.8) is 0 Å². The van der Waals surface area contributed by atoms with E-state index in [4.69, 9.17) is 21.9 Å². The van der Waals surface area contributed by atoms with E-state index in [-0.39, 0.29) is 28.0 Å². The summed E-state index contributed by atoms with van der Waals surface area (Å²) >= 11 is 5.92. The Balaban J connectivity index is 2.03. The summed E-state index contributed by atoms with van der Waals surface area (Å²) in [6, 6.07) is 7.90. The van der Waals surface area contributed by atoms with Gasteiger partial charge in [-0.2, -0.15) is 4.98 Å². The van der Waals surface area contributed by atoms with Gasteiger partial charge in [-0.25, -0.2) is 8.78 Å². The molecule has 0 bridgehead atoms. The van der Waals surface area contributed by atoms with Gasteiger partial charge >= 0.3 is 0 Å². The lowest BCUT2D eigenvalue weighted by Crippen LogP contribution is -1.90. The van der Waals surface area contributed by atoms with Crippen molar-refractivity contribution < 1.29 is 13.3 Å². The minimum absolute atomic E-state index is 0.0112. The minimum Gasteiger partial charge on any atom is -0.399 e. The second kappa shape index (κ2) is 5.14. The molecule has 7 heteroatoms. The molecule has 0 fully saturated rings. The van der Waals surface area contributed by atoms with E-state index in [2.05, 4.69) is 10.1 Å². The molecule has 0 saturated heterocycles. The second-order valence-corrected chi connectivity index (χ2v) is 4.69. The highest BCUT2D eigenvalue weighted by atomic mass is 35.5. The van der Waals surface area contributed by atoms with Gasteiger partial charge in [0.05, 0.1) is 10.6 Å². The molecule has 0 aliphatic carbocycles.